The quantitative estimate of drug-likeness (QED) is 0.866. The van der Waals surface area contributed by atoms with Crippen molar-refractivity contribution in [1.29, 1.82) is 0 Å². The number of hydrogen-bond donors (Lipinski definition) is 2. The van der Waals surface area contributed by atoms with Crippen LogP contribution in [-0.2, 0) is 11.8 Å². The van der Waals surface area contributed by atoms with E-state index in [9.17, 15) is 5.11 Å². The highest BCUT2D eigenvalue weighted by molar-refractivity contribution is 5.45. The highest BCUT2D eigenvalue weighted by atomic mass is 16.3. The average Bonchev–Trinajstić information content (AvgIpc) is 2.69. The van der Waals surface area contributed by atoms with Gasteiger partial charge in [-0.1, -0.05) is 18.9 Å². The summed E-state index contributed by atoms with van der Waals surface area (Å²) in [7, 11) is 0. The zero-order valence-corrected chi connectivity index (χ0v) is 16.1. The molecule has 3 atom stereocenters. The van der Waals surface area contributed by atoms with Gasteiger partial charge in [0, 0.05) is 11.5 Å². The molecule has 2 aliphatic carbocycles. The molecule has 2 saturated heterocycles. The van der Waals surface area contributed by atoms with Gasteiger partial charge in [0.15, 0.2) is 0 Å². The summed E-state index contributed by atoms with van der Waals surface area (Å²) in [5, 5.41) is 13.6. The van der Waals surface area contributed by atoms with E-state index in [4.69, 9.17) is 0 Å². The Morgan fingerprint density at radius 2 is 2.00 bits per heavy atom. The maximum Gasteiger partial charge on any atom is 0.115 e. The summed E-state index contributed by atoms with van der Waals surface area (Å²) in [5.74, 6) is 2.21. The number of phenols is 1. The lowest BCUT2D eigenvalue weighted by Gasteiger charge is -2.59. The smallest absolute Gasteiger partial charge is 0.115 e. The van der Waals surface area contributed by atoms with E-state index in [0.717, 1.165) is 17.9 Å². The summed E-state index contributed by atoms with van der Waals surface area (Å²) in [6.07, 6.45) is 12.1. The first-order valence-electron chi connectivity index (χ1n) is 11.0. The predicted molar refractivity (Wildman–Crippen MR) is 106 cm³/mol. The van der Waals surface area contributed by atoms with E-state index in [1.54, 1.807) is 0 Å². The Bertz CT molecular complexity index is 654. The Morgan fingerprint density at radius 3 is 2.88 bits per heavy atom. The molecular formula is C23H34N2O. The standard InChI is InChI=1S/C23H34N2O/c26-19-5-4-18-15-22-20-3-1-2-9-23(20,21(18)16-19)10-14-25(22)13-8-17-6-11-24-12-7-17/h4-5,16-17,20,22,24,26H,1-3,6-15H2/t20-,22+,23-/m0/s1. The molecule has 1 saturated carbocycles. The Kier molecular flexibility index (Phi) is 4.48. The number of likely N-dealkylation sites (tertiary alicyclic amines) is 1. The lowest BCUT2D eigenvalue weighted by atomic mass is 9.52. The molecule has 4 aliphatic rings. The number of nitrogens with zero attached hydrogens (tertiary/aromatic N) is 1. The van der Waals surface area contributed by atoms with E-state index in [1.165, 1.54) is 95.1 Å². The molecule has 2 bridgehead atoms. The zero-order chi connectivity index (χ0) is 17.6. The fourth-order valence-electron chi connectivity index (χ4n) is 6.87. The Labute approximate surface area is 158 Å². The lowest BCUT2D eigenvalue weighted by molar-refractivity contribution is -0.0141. The van der Waals surface area contributed by atoms with Crippen molar-refractivity contribution >= 4 is 0 Å². The van der Waals surface area contributed by atoms with Crippen LogP contribution in [0.1, 0.15) is 62.5 Å². The first-order valence-corrected chi connectivity index (χ1v) is 11.0. The summed E-state index contributed by atoms with van der Waals surface area (Å²) >= 11 is 0. The topological polar surface area (TPSA) is 35.5 Å². The number of piperidine rings is 2. The first-order chi connectivity index (χ1) is 12.8. The predicted octanol–water partition coefficient (Wildman–Crippen LogP) is 3.84. The van der Waals surface area contributed by atoms with Gasteiger partial charge in [-0.05, 0) is 106 Å². The third-order valence-corrected chi connectivity index (χ3v) is 8.22. The molecule has 2 aliphatic heterocycles. The van der Waals surface area contributed by atoms with Gasteiger partial charge in [0.25, 0.3) is 0 Å². The monoisotopic (exact) mass is 354 g/mol. The van der Waals surface area contributed by atoms with E-state index in [0.29, 0.717) is 11.2 Å². The maximum atomic E-state index is 10.1. The summed E-state index contributed by atoms with van der Waals surface area (Å²) < 4.78 is 0. The molecule has 3 heteroatoms. The molecule has 1 aromatic carbocycles. The van der Waals surface area contributed by atoms with Crippen LogP contribution >= 0.6 is 0 Å². The van der Waals surface area contributed by atoms with Crippen LogP contribution in [0.3, 0.4) is 0 Å². The fraction of sp³-hybridized carbons (Fsp3) is 0.739. The lowest BCUT2D eigenvalue weighted by Crippen LogP contribution is -2.61. The maximum absolute atomic E-state index is 10.1. The number of phenolic OH excluding ortho intramolecular Hbond substituents is 1. The molecule has 0 amide bonds. The van der Waals surface area contributed by atoms with E-state index in [-0.39, 0.29) is 0 Å². The van der Waals surface area contributed by atoms with Crippen molar-refractivity contribution in [2.24, 2.45) is 11.8 Å². The molecule has 3 nitrogen and oxygen atoms in total. The summed E-state index contributed by atoms with van der Waals surface area (Å²) in [5.41, 5.74) is 3.40. The molecular weight excluding hydrogens is 320 g/mol. The second-order valence-electron chi connectivity index (χ2n) is 9.39. The van der Waals surface area contributed by atoms with Gasteiger partial charge in [-0.15, -0.1) is 0 Å². The van der Waals surface area contributed by atoms with Crippen LogP contribution in [0.2, 0.25) is 0 Å². The number of rotatable bonds is 3. The number of aromatic hydroxyl groups is 1. The Balaban J connectivity index is 1.39. The minimum Gasteiger partial charge on any atom is -0.508 e. The van der Waals surface area contributed by atoms with E-state index in [2.05, 4.69) is 22.3 Å². The van der Waals surface area contributed by atoms with Gasteiger partial charge in [-0.2, -0.15) is 0 Å². The molecule has 142 valence electrons. The second-order valence-corrected chi connectivity index (χ2v) is 9.39. The summed E-state index contributed by atoms with van der Waals surface area (Å²) in [4.78, 5) is 2.87. The largest absolute Gasteiger partial charge is 0.508 e. The molecule has 0 radical (unpaired) electrons. The number of nitrogens with one attached hydrogen (secondary N) is 1. The number of fused-ring (bicyclic) bond motifs is 1. The summed E-state index contributed by atoms with van der Waals surface area (Å²) in [6.45, 7) is 5.00. The highest BCUT2D eigenvalue weighted by Gasteiger charge is 2.53. The van der Waals surface area contributed by atoms with Gasteiger partial charge >= 0.3 is 0 Å². The van der Waals surface area contributed by atoms with Gasteiger partial charge in [-0.25, -0.2) is 0 Å². The van der Waals surface area contributed by atoms with Crippen LogP contribution in [0.15, 0.2) is 18.2 Å². The molecule has 0 unspecified atom stereocenters. The minimum atomic E-state index is 0.362. The Morgan fingerprint density at radius 1 is 1.12 bits per heavy atom. The van der Waals surface area contributed by atoms with Crippen molar-refractivity contribution < 1.29 is 5.11 Å². The number of hydrogen-bond acceptors (Lipinski definition) is 3. The zero-order valence-electron chi connectivity index (χ0n) is 16.1. The van der Waals surface area contributed by atoms with E-state index >= 15 is 0 Å². The molecule has 3 fully saturated rings. The molecule has 0 aromatic heterocycles. The number of benzene rings is 1. The fourth-order valence-corrected chi connectivity index (χ4v) is 6.87. The second kappa shape index (κ2) is 6.83. The van der Waals surface area contributed by atoms with Crippen LogP contribution in [-0.4, -0.2) is 42.2 Å². The highest BCUT2D eigenvalue weighted by Crippen LogP contribution is 2.56. The van der Waals surface area contributed by atoms with Gasteiger partial charge < -0.3 is 10.4 Å². The van der Waals surface area contributed by atoms with Crippen LogP contribution in [0, 0.1) is 11.8 Å². The molecule has 5 rings (SSSR count). The third-order valence-electron chi connectivity index (χ3n) is 8.22. The van der Waals surface area contributed by atoms with Gasteiger partial charge in [-0.3, -0.25) is 4.90 Å². The van der Waals surface area contributed by atoms with Gasteiger partial charge in [0.2, 0.25) is 0 Å². The van der Waals surface area contributed by atoms with Crippen LogP contribution in [0.25, 0.3) is 0 Å². The van der Waals surface area contributed by atoms with Crippen molar-refractivity contribution in [2.45, 2.75) is 69.2 Å². The minimum absolute atomic E-state index is 0.362. The normalized spacial score (nSPS) is 34.9. The van der Waals surface area contributed by atoms with Crippen LogP contribution in [0.4, 0.5) is 0 Å². The van der Waals surface area contributed by atoms with E-state index in [1.807, 2.05) is 6.07 Å². The van der Waals surface area contributed by atoms with Gasteiger partial charge in [0.05, 0.1) is 0 Å². The molecule has 26 heavy (non-hydrogen) atoms. The van der Waals surface area contributed by atoms with Crippen molar-refractivity contribution in [3.8, 4) is 5.75 Å². The van der Waals surface area contributed by atoms with Crippen molar-refractivity contribution in [1.82, 2.24) is 10.2 Å². The molecule has 0 spiro atoms. The molecule has 1 aromatic rings. The Hall–Kier alpha value is -1.06. The summed E-state index contributed by atoms with van der Waals surface area (Å²) in [6, 6.07) is 6.99. The SMILES string of the molecule is Oc1ccc2c(c1)[C@]13CCCC[C@H]1[C@@H](C2)N(CCC1CCNCC1)CC3. The van der Waals surface area contributed by atoms with Crippen molar-refractivity contribution in [3.05, 3.63) is 29.3 Å². The van der Waals surface area contributed by atoms with Gasteiger partial charge in [0.1, 0.15) is 5.75 Å². The molecule has 2 heterocycles. The van der Waals surface area contributed by atoms with E-state index < -0.39 is 0 Å². The van der Waals surface area contributed by atoms with Crippen molar-refractivity contribution in [2.75, 3.05) is 26.2 Å². The van der Waals surface area contributed by atoms with Crippen molar-refractivity contribution in [3.63, 3.8) is 0 Å². The molecule has 2 N–H and O–H groups in total. The average molecular weight is 355 g/mol. The first kappa shape index (κ1) is 17.1. The third kappa shape index (κ3) is 2.79. The van der Waals surface area contributed by atoms with Crippen LogP contribution < -0.4 is 5.32 Å². The van der Waals surface area contributed by atoms with Crippen LogP contribution in [0.5, 0.6) is 5.75 Å².